The smallest absolute Gasteiger partial charge is 0.257 e. The normalized spacial score (nSPS) is 25.3. The van der Waals surface area contributed by atoms with Crippen molar-refractivity contribution < 1.29 is 8.42 Å². The van der Waals surface area contributed by atoms with E-state index in [1.54, 1.807) is 6.92 Å². The number of hydrogen-bond acceptors (Lipinski definition) is 4. The van der Waals surface area contributed by atoms with Gasteiger partial charge in [-0.2, -0.15) is 0 Å². The van der Waals surface area contributed by atoms with Crippen LogP contribution in [-0.4, -0.2) is 31.0 Å². The molecule has 0 radical (unpaired) electrons. The van der Waals surface area contributed by atoms with Crippen molar-refractivity contribution in [2.75, 3.05) is 6.54 Å². The van der Waals surface area contributed by atoms with Gasteiger partial charge >= 0.3 is 0 Å². The molecule has 96 valence electrons. The molecule has 1 heterocycles. The van der Waals surface area contributed by atoms with Crippen molar-refractivity contribution in [2.45, 2.75) is 37.3 Å². The zero-order chi connectivity index (χ0) is 12.5. The van der Waals surface area contributed by atoms with Gasteiger partial charge in [0.05, 0.1) is 6.20 Å². The maximum Gasteiger partial charge on any atom is 0.257 e. The largest absolute Gasteiger partial charge is 0.332 e. The highest BCUT2D eigenvalue weighted by Crippen LogP contribution is 2.23. The Morgan fingerprint density at radius 2 is 2.35 bits per heavy atom. The summed E-state index contributed by atoms with van der Waals surface area (Å²) >= 11 is 0. The minimum absolute atomic E-state index is 0.112. The van der Waals surface area contributed by atoms with Gasteiger partial charge in [0.15, 0.2) is 5.03 Å². The average molecular weight is 258 g/mol. The van der Waals surface area contributed by atoms with Crippen molar-refractivity contribution in [3.63, 3.8) is 0 Å². The van der Waals surface area contributed by atoms with E-state index >= 15 is 0 Å². The number of nitrogens with zero attached hydrogens (tertiary/aromatic N) is 1. The zero-order valence-electron chi connectivity index (χ0n) is 9.81. The van der Waals surface area contributed by atoms with Gasteiger partial charge in [0.1, 0.15) is 5.82 Å². The lowest BCUT2D eigenvalue weighted by Crippen LogP contribution is -2.36. The van der Waals surface area contributed by atoms with E-state index in [1.807, 2.05) is 0 Å². The van der Waals surface area contributed by atoms with Crippen LogP contribution < -0.4 is 10.5 Å². The molecule has 7 heteroatoms. The second-order valence-electron chi connectivity index (χ2n) is 4.54. The Kier molecular flexibility index (Phi) is 3.50. The number of hydrogen-bond donors (Lipinski definition) is 3. The highest BCUT2D eigenvalue weighted by Gasteiger charge is 2.26. The minimum atomic E-state index is -3.47. The minimum Gasteiger partial charge on any atom is -0.332 e. The summed E-state index contributed by atoms with van der Waals surface area (Å²) in [6.07, 6.45) is 4.38. The van der Waals surface area contributed by atoms with Crippen molar-refractivity contribution >= 4 is 10.0 Å². The summed E-state index contributed by atoms with van der Waals surface area (Å²) in [7, 11) is -3.47. The van der Waals surface area contributed by atoms with Crippen LogP contribution in [0.2, 0.25) is 0 Å². The number of sulfonamides is 1. The number of aromatic nitrogens is 2. The average Bonchev–Trinajstić information content (AvgIpc) is 2.85. The lowest BCUT2D eigenvalue weighted by molar-refractivity contribution is 0.469. The van der Waals surface area contributed by atoms with Gasteiger partial charge in [-0.05, 0) is 25.7 Å². The van der Waals surface area contributed by atoms with Crippen LogP contribution in [0.3, 0.4) is 0 Å². The molecule has 0 saturated heterocycles. The Hall–Kier alpha value is -0.920. The number of aromatic amines is 1. The summed E-state index contributed by atoms with van der Waals surface area (Å²) in [5.74, 6) is 0.830. The van der Waals surface area contributed by atoms with Crippen LogP contribution in [0.15, 0.2) is 11.2 Å². The fraction of sp³-hybridized carbons (Fsp3) is 0.700. The van der Waals surface area contributed by atoms with Crippen LogP contribution >= 0.6 is 0 Å². The first-order valence-electron chi connectivity index (χ1n) is 5.76. The summed E-state index contributed by atoms with van der Waals surface area (Å²) in [4.78, 5) is 6.59. The zero-order valence-corrected chi connectivity index (χ0v) is 10.6. The Balaban J connectivity index is 1.98. The fourth-order valence-electron chi connectivity index (χ4n) is 2.15. The Morgan fingerprint density at radius 3 is 2.88 bits per heavy atom. The van der Waals surface area contributed by atoms with Crippen molar-refractivity contribution in [1.82, 2.24) is 14.7 Å². The number of H-pyrrole nitrogens is 1. The van der Waals surface area contributed by atoms with Gasteiger partial charge in [0.2, 0.25) is 0 Å². The second-order valence-corrected chi connectivity index (χ2v) is 6.27. The maximum atomic E-state index is 11.9. The molecule has 1 fully saturated rings. The van der Waals surface area contributed by atoms with Crippen LogP contribution in [0.1, 0.15) is 25.1 Å². The molecule has 0 aliphatic heterocycles. The molecule has 4 N–H and O–H groups in total. The van der Waals surface area contributed by atoms with E-state index in [1.165, 1.54) is 6.20 Å². The molecule has 6 nitrogen and oxygen atoms in total. The molecule has 0 aromatic carbocycles. The van der Waals surface area contributed by atoms with E-state index in [-0.39, 0.29) is 17.0 Å². The number of nitrogens with two attached hydrogens (primary N) is 1. The molecular weight excluding hydrogens is 240 g/mol. The molecule has 0 amide bonds. The predicted molar refractivity (Wildman–Crippen MR) is 63.8 cm³/mol. The highest BCUT2D eigenvalue weighted by atomic mass is 32.2. The Morgan fingerprint density at radius 1 is 1.59 bits per heavy atom. The van der Waals surface area contributed by atoms with Crippen LogP contribution in [0.4, 0.5) is 0 Å². The molecule has 17 heavy (non-hydrogen) atoms. The highest BCUT2D eigenvalue weighted by molar-refractivity contribution is 7.89. The Bertz CT molecular complexity index is 482. The predicted octanol–water partition coefficient (Wildman–Crippen LogP) is 0.124. The fourth-order valence-corrected chi connectivity index (χ4v) is 3.21. The molecule has 2 atom stereocenters. The number of rotatable bonds is 4. The van der Waals surface area contributed by atoms with Crippen molar-refractivity contribution in [1.29, 1.82) is 0 Å². The second kappa shape index (κ2) is 4.75. The summed E-state index contributed by atoms with van der Waals surface area (Å²) < 4.78 is 26.4. The summed E-state index contributed by atoms with van der Waals surface area (Å²) in [5, 5.41) is 0.113. The Labute approximate surface area is 101 Å². The van der Waals surface area contributed by atoms with Crippen molar-refractivity contribution in [2.24, 2.45) is 11.7 Å². The number of aryl methyl sites for hydroxylation is 1. The lowest BCUT2D eigenvalue weighted by Gasteiger charge is -2.15. The number of imidazole rings is 1. The molecule has 0 bridgehead atoms. The quantitative estimate of drug-likeness (QED) is 0.714. The van der Waals surface area contributed by atoms with Crippen LogP contribution in [-0.2, 0) is 10.0 Å². The third-order valence-corrected chi connectivity index (χ3v) is 4.56. The van der Waals surface area contributed by atoms with Gasteiger partial charge in [-0.3, -0.25) is 0 Å². The molecule has 2 rings (SSSR count). The SMILES string of the molecule is Cc1ncc(S(=O)(=O)NCC2CCCC2N)[nH]1. The van der Waals surface area contributed by atoms with Gasteiger partial charge in [0, 0.05) is 12.6 Å². The summed E-state index contributed by atoms with van der Waals surface area (Å²) in [5.41, 5.74) is 5.90. The molecule has 2 unspecified atom stereocenters. The third kappa shape index (κ3) is 2.85. The monoisotopic (exact) mass is 258 g/mol. The molecule has 1 aliphatic carbocycles. The van der Waals surface area contributed by atoms with Gasteiger partial charge < -0.3 is 10.7 Å². The first-order chi connectivity index (χ1) is 7.99. The van der Waals surface area contributed by atoms with Gasteiger partial charge in [-0.1, -0.05) is 6.42 Å². The van der Waals surface area contributed by atoms with Gasteiger partial charge in [0.25, 0.3) is 10.0 Å². The van der Waals surface area contributed by atoms with Crippen molar-refractivity contribution in [3.8, 4) is 0 Å². The third-order valence-electron chi connectivity index (χ3n) is 3.22. The van der Waals surface area contributed by atoms with E-state index in [0.717, 1.165) is 19.3 Å². The molecule has 1 saturated carbocycles. The first-order valence-corrected chi connectivity index (χ1v) is 7.24. The molecule has 1 aliphatic rings. The van der Waals surface area contributed by atoms with E-state index in [2.05, 4.69) is 14.7 Å². The first kappa shape index (κ1) is 12.5. The molecular formula is C10H18N4O2S. The van der Waals surface area contributed by atoms with Gasteiger partial charge in [-0.25, -0.2) is 18.1 Å². The van der Waals surface area contributed by atoms with Crippen molar-refractivity contribution in [3.05, 3.63) is 12.0 Å². The maximum absolute atomic E-state index is 11.9. The summed E-state index contributed by atoms with van der Waals surface area (Å²) in [6.45, 7) is 2.12. The molecule has 1 aromatic rings. The number of nitrogens with one attached hydrogen (secondary N) is 2. The van der Waals surface area contributed by atoms with E-state index < -0.39 is 10.0 Å². The molecule has 1 aromatic heterocycles. The van der Waals surface area contributed by atoms with Crippen LogP contribution in [0.5, 0.6) is 0 Å². The standard InChI is InChI=1S/C10H18N4O2S/c1-7-12-6-10(14-7)17(15,16)13-5-8-3-2-4-9(8)11/h6,8-9,13H,2-5,11H2,1H3,(H,12,14). The lowest BCUT2D eigenvalue weighted by atomic mass is 10.1. The van der Waals surface area contributed by atoms with E-state index in [0.29, 0.717) is 12.4 Å². The summed E-state index contributed by atoms with van der Waals surface area (Å²) in [6, 6.07) is 0.112. The van der Waals surface area contributed by atoms with E-state index in [4.69, 9.17) is 5.73 Å². The van der Waals surface area contributed by atoms with E-state index in [9.17, 15) is 8.42 Å². The van der Waals surface area contributed by atoms with Gasteiger partial charge in [-0.15, -0.1) is 0 Å². The van der Waals surface area contributed by atoms with Crippen LogP contribution in [0.25, 0.3) is 0 Å². The topological polar surface area (TPSA) is 101 Å². The van der Waals surface area contributed by atoms with Crippen LogP contribution in [0, 0.1) is 12.8 Å². The molecule has 0 spiro atoms.